The van der Waals surface area contributed by atoms with Gasteiger partial charge in [0.05, 0.1) is 0 Å². The molecule has 5 atom stereocenters. The summed E-state index contributed by atoms with van der Waals surface area (Å²) in [7, 11) is -0.671. The van der Waals surface area contributed by atoms with Gasteiger partial charge in [0.1, 0.15) is 0 Å². The largest absolute Gasteiger partial charge is 0.314 e. The molecule has 1 saturated carbocycles. The van der Waals surface area contributed by atoms with E-state index in [1.807, 2.05) is 0 Å². The van der Waals surface area contributed by atoms with Crippen LogP contribution >= 0.6 is 0 Å². The molecular formula is C13H27NOS. The van der Waals surface area contributed by atoms with Crippen molar-refractivity contribution in [3.05, 3.63) is 0 Å². The summed E-state index contributed by atoms with van der Waals surface area (Å²) in [5, 5.41) is 3.97. The van der Waals surface area contributed by atoms with Crippen molar-refractivity contribution < 1.29 is 4.21 Å². The van der Waals surface area contributed by atoms with Crippen LogP contribution < -0.4 is 5.32 Å². The summed E-state index contributed by atoms with van der Waals surface area (Å²) < 4.78 is 11.2. The molecule has 0 radical (unpaired) electrons. The van der Waals surface area contributed by atoms with E-state index >= 15 is 0 Å². The van der Waals surface area contributed by atoms with Crippen molar-refractivity contribution in [3.8, 4) is 0 Å². The average molecular weight is 245 g/mol. The van der Waals surface area contributed by atoms with Crippen LogP contribution in [-0.4, -0.2) is 28.3 Å². The fraction of sp³-hybridized carbons (Fsp3) is 1.00. The second kappa shape index (κ2) is 6.75. The second-order valence-electron chi connectivity index (χ2n) is 5.55. The van der Waals surface area contributed by atoms with E-state index in [1.54, 1.807) is 6.26 Å². The van der Waals surface area contributed by atoms with Gasteiger partial charge in [0, 0.05) is 28.3 Å². The Balaban J connectivity index is 2.20. The first kappa shape index (κ1) is 14.2. The highest BCUT2D eigenvalue weighted by Gasteiger charge is 2.24. The van der Waals surface area contributed by atoms with E-state index in [-0.39, 0.29) is 0 Å². The smallest absolute Gasteiger partial charge is 0.0329 e. The highest BCUT2D eigenvalue weighted by Crippen LogP contribution is 2.28. The van der Waals surface area contributed by atoms with Gasteiger partial charge >= 0.3 is 0 Å². The summed E-state index contributed by atoms with van der Waals surface area (Å²) in [5.74, 6) is 1.70. The molecule has 0 aliphatic heterocycles. The third kappa shape index (κ3) is 4.54. The van der Waals surface area contributed by atoms with Crippen LogP contribution in [0, 0.1) is 11.8 Å². The van der Waals surface area contributed by atoms with Gasteiger partial charge in [0.15, 0.2) is 0 Å². The van der Waals surface area contributed by atoms with Crippen molar-refractivity contribution in [1.29, 1.82) is 0 Å². The molecule has 1 N–H and O–H groups in total. The van der Waals surface area contributed by atoms with E-state index in [0.717, 1.165) is 24.8 Å². The lowest BCUT2D eigenvalue weighted by molar-refractivity contribution is 0.228. The molecule has 0 amide bonds. The zero-order valence-electron chi connectivity index (χ0n) is 11.2. The van der Waals surface area contributed by atoms with E-state index in [9.17, 15) is 4.21 Å². The highest BCUT2D eigenvalue weighted by molar-refractivity contribution is 7.84. The fourth-order valence-electron chi connectivity index (χ4n) is 2.61. The Bertz CT molecular complexity index is 232. The van der Waals surface area contributed by atoms with Gasteiger partial charge in [-0.3, -0.25) is 4.21 Å². The Kier molecular flexibility index (Phi) is 5.98. The predicted molar refractivity (Wildman–Crippen MR) is 72.1 cm³/mol. The van der Waals surface area contributed by atoms with Crippen LogP contribution in [-0.2, 0) is 10.8 Å². The molecule has 0 aromatic carbocycles. The monoisotopic (exact) mass is 245 g/mol. The Morgan fingerprint density at radius 1 is 1.38 bits per heavy atom. The summed E-state index contributed by atoms with van der Waals surface area (Å²) in [6.45, 7) is 7.80. The van der Waals surface area contributed by atoms with E-state index < -0.39 is 10.8 Å². The number of hydrogen-bond acceptors (Lipinski definition) is 2. The zero-order chi connectivity index (χ0) is 12.1. The molecule has 96 valence electrons. The molecule has 0 spiro atoms. The molecule has 1 rings (SSSR count). The lowest BCUT2D eigenvalue weighted by Crippen LogP contribution is -2.40. The van der Waals surface area contributed by atoms with Crippen molar-refractivity contribution in [3.63, 3.8) is 0 Å². The molecule has 0 unspecified atom stereocenters. The second-order valence-corrected chi connectivity index (χ2v) is 7.36. The van der Waals surface area contributed by atoms with Crippen molar-refractivity contribution in [2.45, 2.75) is 57.7 Å². The highest BCUT2D eigenvalue weighted by atomic mass is 32.2. The summed E-state index contributed by atoms with van der Waals surface area (Å²) >= 11 is 0. The molecule has 0 aromatic heterocycles. The summed E-state index contributed by atoms with van der Waals surface area (Å²) in [6, 6.07) is 0.689. The molecule has 1 aliphatic carbocycles. The van der Waals surface area contributed by atoms with Gasteiger partial charge in [-0.25, -0.2) is 0 Å². The third-order valence-electron chi connectivity index (χ3n) is 3.96. The van der Waals surface area contributed by atoms with Crippen molar-refractivity contribution >= 4 is 10.8 Å². The van der Waals surface area contributed by atoms with Crippen LogP contribution in [0.5, 0.6) is 0 Å². The van der Waals surface area contributed by atoms with Crippen LogP contribution in [0.4, 0.5) is 0 Å². The summed E-state index contributed by atoms with van der Waals surface area (Å²) in [5.41, 5.74) is 0. The molecule has 1 fully saturated rings. The molecule has 0 bridgehead atoms. The lowest BCUT2D eigenvalue weighted by atomic mass is 9.80. The maximum atomic E-state index is 11.2. The zero-order valence-corrected chi connectivity index (χ0v) is 12.0. The molecule has 0 aromatic rings. The Morgan fingerprint density at radius 2 is 2.06 bits per heavy atom. The van der Waals surface area contributed by atoms with Crippen LogP contribution in [0.15, 0.2) is 0 Å². The van der Waals surface area contributed by atoms with E-state index in [4.69, 9.17) is 0 Å². The molecule has 0 saturated heterocycles. The van der Waals surface area contributed by atoms with Crippen molar-refractivity contribution in [2.75, 3.05) is 12.8 Å². The predicted octanol–water partition coefficient (Wildman–Crippen LogP) is 2.56. The number of rotatable bonds is 5. The molecule has 1 aliphatic rings. The van der Waals surface area contributed by atoms with Crippen LogP contribution in [0.25, 0.3) is 0 Å². The molecular weight excluding hydrogens is 218 g/mol. The van der Waals surface area contributed by atoms with Crippen LogP contribution in [0.1, 0.15) is 46.5 Å². The first-order valence-corrected chi connectivity index (χ1v) is 8.18. The fourth-order valence-corrected chi connectivity index (χ4v) is 3.06. The Hall–Kier alpha value is 0.110. The van der Waals surface area contributed by atoms with Crippen LogP contribution in [0.3, 0.4) is 0 Å². The van der Waals surface area contributed by atoms with E-state index in [0.29, 0.717) is 11.3 Å². The average Bonchev–Trinajstić information content (AvgIpc) is 2.20. The number of hydrogen-bond donors (Lipinski definition) is 1. The van der Waals surface area contributed by atoms with Gasteiger partial charge in [-0.1, -0.05) is 20.8 Å². The standard InChI is InChI=1S/C13H27NOS/c1-10-5-6-13(11(2)9-10)14-8-7-12(3)16(4)15/h10-14H,5-9H2,1-4H3/t10-,11-,12+,13+,16+/m1/s1. The molecule has 16 heavy (non-hydrogen) atoms. The topological polar surface area (TPSA) is 29.1 Å². The first-order chi connectivity index (χ1) is 7.50. The van der Waals surface area contributed by atoms with E-state index in [2.05, 4.69) is 26.1 Å². The minimum absolute atomic E-state index is 0.324. The SMILES string of the molecule is C[C@@H]1CC[C@H](NCC[C@H](C)[S@](C)=O)[C@H](C)C1. The quantitative estimate of drug-likeness (QED) is 0.806. The van der Waals surface area contributed by atoms with Gasteiger partial charge in [-0.15, -0.1) is 0 Å². The molecule has 3 heteroatoms. The van der Waals surface area contributed by atoms with Gasteiger partial charge in [-0.05, 0) is 44.1 Å². The minimum Gasteiger partial charge on any atom is -0.314 e. The van der Waals surface area contributed by atoms with Gasteiger partial charge in [0.25, 0.3) is 0 Å². The normalized spacial score (nSPS) is 34.6. The lowest BCUT2D eigenvalue weighted by Gasteiger charge is -2.33. The van der Waals surface area contributed by atoms with Crippen LogP contribution in [0.2, 0.25) is 0 Å². The molecule has 0 heterocycles. The van der Waals surface area contributed by atoms with Gasteiger partial charge in [0.2, 0.25) is 0 Å². The third-order valence-corrected chi connectivity index (χ3v) is 5.32. The maximum Gasteiger partial charge on any atom is 0.0329 e. The first-order valence-electron chi connectivity index (χ1n) is 6.56. The van der Waals surface area contributed by atoms with Gasteiger partial charge in [-0.2, -0.15) is 0 Å². The summed E-state index contributed by atoms with van der Waals surface area (Å²) in [6.07, 6.45) is 6.85. The van der Waals surface area contributed by atoms with Crippen molar-refractivity contribution in [2.24, 2.45) is 11.8 Å². The van der Waals surface area contributed by atoms with Crippen molar-refractivity contribution in [1.82, 2.24) is 5.32 Å². The van der Waals surface area contributed by atoms with Gasteiger partial charge < -0.3 is 5.32 Å². The molecule has 2 nitrogen and oxygen atoms in total. The maximum absolute atomic E-state index is 11.2. The number of nitrogens with one attached hydrogen (secondary N) is 1. The summed E-state index contributed by atoms with van der Waals surface area (Å²) in [4.78, 5) is 0. The Morgan fingerprint density at radius 3 is 2.62 bits per heavy atom. The van der Waals surface area contributed by atoms with E-state index in [1.165, 1.54) is 19.3 Å². The minimum atomic E-state index is -0.671. The Labute approximate surface area is 103 Å².